The number of aliphatic hydroxyl groups is 3. The van der Waals surface area contributed by atoms with Crippen LogP contribution in [0.15, 0.2) is 0 Å². The van der Waals surface area contributed by atoms with Gasteiger partial charge in [0.25, 0.3) is 10.1 Å². The summed E-state index contributed by atoms with van der Waals surface area (Å²) in [5.74, 6) is 1.52. The molecule has 0 aromatic carbocycles. The maximum Gasteiger partial charge on any atom is 0.265 e. The van der Waals surface area contributed by atoms with Crippen LogP contribution in [-0.4, -0.2) is 96.5 Å². The van der Waals surface area contributed by atoms with E-state index in [4.69, 9.17) is 4.55 Å². The Bertz CT molecular complexity index is 1050. The van der Waals surface area contributed by atoms with E-state index in [2.05, 4.69) is 26.1 Å². The molecule has 0 aliphatic heterocycles. The minimum atomic E-state index is -3.93. The van der Waals surface area contributed by atoms with Crippen molar-refractivity contribution in [3.63, 3.8) is 0 Å². The fourth-order valence-electron chi connectivity index (χ4n) is 10.3. The van der Waals surface area contributed by atoms with Crippen molar-refractivity contribution >= 4 is 16.0 Å². The predicted octanol–water partition coefficient (Wildman–Crippen LogP) is 3.22. The number of nitrogens with one attached hydrogen (secondary N) is 1. The van der Waals surface area contributed by atoms with Crippen LogP contribution in [0.25, 0.3) is 0 Å². The van der Waals surface area contributed by atoms with Gasteiger partial charge in [-0.3, -0.25) is 9.35 Å². The number of rotatable bonds is 12. The molecular formula is C32H59N2O7S+. The fraction of sp³-hybridized carbons (Fsp3) is 0.969. The second-order valence-electron chi connectivity index (χ2n) is 15.8. The average molecular weight is 616 g/mol. The van der Waals surface area contributed by atoms with Gasteiger partial charge in [-0.15, -0.1) is 0 Å². The quantitative estimate of drug-likeness (QED) is 0.129. The topological polar surface area (TPSA) is 144 Å². The van der Waals surface area contributed by atoms with Crippen molar-refractivity contribution in [2.24, 2.45) is 46.3 Å². The Labute approximate surface area is 254 Å². The third kappa shape index (κ3) is 7.20. The zero-order valence-corrected chi connectivity index (χ0v) is 27.5. The lowest BCUT2D eigenvalue weighted by molar-refractivity contribution is -0.890. The molecule has 1 amide bonds. The Morgan fingerprint density at radius 1 is 1.00 bits per heavy atom. The van der Waals surface area contributed by atoms with Crippen LogP contribution in [0, 0.1) is 46.3 Å². The highest BCUT2D eigenvalue weighted by Crippen LogP contribution is 2.68. The van der Waals surface area contributed by atoms with Gasteiger partial charge < -0.3 is 25.1 Å². The third-order valence-corrected chi connectivity index (χ3v) is 13.6. The molecule has 4 aliphatic rings. The maximum absolute atomic E-state index is 12.7. The predicted molar refractivity (Wildman–Crippen MR) is 163 cm³/mol. The molecule has 4 rings (SSSR count). The minimum absolute atomic E-state index is 0.0450. The highest BCUT2D eigenvalue weighted by molar-refractivity contribution is 7.85. The number of nitrogens with zero attached hydrogens (tertiary/aromatic N) is 1. The zero-order valence-electron chi connectivity index (χ0n) is 26.7. The van der Waals surface area contributed by atoms with Crippen LogP contribution in [-0.2, 0) is 14.9 Å². The summed E-state index contributed by atoms with van der Waals surface area (Å²) in [5, 5.41) is 36.6. The van der Waals surface area contributed by atoms with Crippen molar-refractivity contribution in [3.8, 4) is 0 Å². The summed E-state index contributed by atoms with van der Waals surface area (Å²) in [5.41, 5.74) is -0.185. The molecule has 4 saturated carbocycles. The normalized spacial score (nSPS) is 41.0. The highest BCUT2D eigenvalue weighted by Gasteiger charge is 2.65. The summed E-state index contributed by atoms with van der Waals surface area (Å²) in [6, 6.07) is 0. The first-order valence-electron chi connectivity index (χ1n) is 16.6. The molecule has 0 saturated heterocycles. The summed E-state index contributed by atoms with van der Waals surface area (Å²) in [6.45, 7) is 8.87. The molecule has 11 atom stereocenters. The number of aliphatic hydroxyl groups excluding tert-OH is 3. The Balaban J connectivity index is 1.27. The third-order valence-electron chi connectivity index (χ3n) is 12.8. The van der Waals surface area contributed by atoms with Gasteiger partial charge >= 0.3 is 0 Å². The van der Waals surface area contributed by atoms with E-state index in [1.165, 1.54) is 0 Å². The number of quaternary nitrogens is 1. The van der Waals surface area contributed by atoms with Crippen molar-refractivity contribution in [3.05, 3.63) is 0 Å². The highest BCUT2D eigenvalue weighted by atomic mass is 32.2. The van der Waals surface area contributed by atoms with Gasteiger partial charge in [0.1, 0.15) is 0 Å². The standard InChI is InChI=1S/C32H58N2O7S/c1-21(8-11-29(38)33-14-6-15-34(4,5)16-7-17-42(39,40)41)24-9-10-25-30-26(20-28(37)32(24,25)3)31(2)13-12-23(35)18-22(31)19-27(30)36/h21-28,30,35-37H,6-20H2,1-5H3,(H-,33,38,39,40,41)/p+1/t21-,22+,23-,24+,25-,26-,27+,28+,30-,31-,32+/m0/s1. The van der Waals surface area contributed by atoms with Crippen LogP contribution < -0.4 is 5.32 Å². The van der Waals surface area contributed by atoms with E-state index in [1.807, 2.05) is 14.1 Å². The molecule has 9 nitrogen and oxygen atoms in total. The molecule has 10 heteroatoms. The van der Waals surface area contributed by atoms with E-state index in [9.17, 15) is 28.5 Å². The second kappa shape index (κ2) is 12.9. The Hall–Kier alpha value is -0.780. The first-order chi connectivity index (χ1) is 19.5. The van der Waals surface area contributed by atoms with Crippen molar-refractivity contribution in [2.75, 3.05) is 39.5 Å². The number of amides is 1. The second-order valence-corrected chi connectivity index (χ2v) is 17.3. The molecule has 0 aromatic rings. The van der Waals surface area contributed by atoms with E-state index >= 15 is 0 Å². The number of hydrogen-bond donors (Lipinski definition) is 5. The molecule has 4 aliphatic carbocycles. The molecule has 5 N–H and O–H groups in total. The molecular weight excluding hydrogens is 556 g/mol. The molecule has 0 spiro atoms. The Kier molecular flexibility index (Phi) is 10.5. The molecule has 0 heterocycles. The Morgan fingerprint density at radius 3 is 2.38 bits per heavy atom. The fourth-order valence-corrected chi connectivity index (χ4v) is 10.8. The smallest absolute Gasteiger partial charge is 0.265 e. The lowest BCUT2D eigenvalue weighted by Crippen LogP contribution is -2.62. The maximum atomic E-state index is 12.7. The zero-order chi connectivity index (χ0) is 31.1. The first-order valence-corrected chi connectivity index (χ1v) is 18.2. The van der Waals surface area contributed by atoms with Gasteiger partial charge in [0.2, 0.25) is 5.91 Å². The van der Waals surface area contributed by atoms with E-state index < -0.39 is 16.2 Å². The summed E-state index contributed by atoms with van der Waals surface area (Å²) in [6.07, 6.45) is 7.47. The molecule has 0 unspecified atom stereocenters. The van der Waals surface area contributed by atoms with Crippen LogP contribution in [0.4, 0.5) is 0 Å². The summed E-state index contributed by atoms with van der Waals surface area (Å²) in [4.78, 5) is 12.7. The molecule has 42 heavy (non-hydrogen) atoms. The molecule has 0 aromatic heterocycles. The van der Waals surface area contributed by atoms with Gasteiger partial charge in [0.15, 0.2) is 0 Å². The molecule has 0 radical (unpaired) electrons. The minimum Gasteiger partial charge on any atom is -0.393 e. The van der Waals surface area contributed by atoms with Crippen molar-refractivity contribution < 1.29 is 37.6 Å². The van der Waals surface area contributed by atoms with Gasteiger partial charge in [-0.05, 0) is 97.7 Å². The van der Waals surface area contributed by atoms with Gasteiger partial charge in [0, 0.05) is 25.8 Å². The van der Waals surface area contributed by atoms with Gasteiger partial charge in [-0.2, -0.15) is 8.42 Å². The number of hydrogen-bond acceptors (Lipinski definition) is 6. The molecule has 244 valence electrons. The summed E-state index contributed by atoms with van der Waals surface area (Å²) < 4.78 is 31.5. The van der Waals surface area contributed by atoms with E-state index in [0.29, 0.717) is 48.2 Å². The number of carbonyl (C=O) groups excluding carboxylic acids is 1. The number of fused-ring (bicyclic) bond motifs is 5. The summed E-state index contributed by atoms with van der Waals surface area (Å²) in [7, 11) is 0.114. The molecule has 4 fully saturated rings. The van der Waals surface area contributed by atoms with Crippen molar-refractivity contribution in [2.45, 2.75) is 110 Å². The van der Waals surface area contributed by atoms with Crippen LogP contribution in [0.2, 0.25) is 0 Å². The SMILES string of the molecule is C[C@@H](CCC(=O)NCCC[N+](C)(C)CCCS(=O)(=O)O)[C@H]1CC[C@H]2[C@@H]3[C@H](O)C[C@H]4C[C@@H](O)CC[C@]4(C)[C@H]3C[C@@H](O)[C@]12C. The van der Waals surface area contributed by atoms with Crippen molar-refractivity contribution in [1.29, 1.82) is 0 Å². The van der Waals surface area contributed by atoms with Crippen LogP contribution in [0.1, 0.15) is 91.4 Å². The van der Waals surface area contributed by atoms with Crippen LogP contribution >= 0.6 is 0 Å². The van der Waals surface area contributed by atoms with Gasteiger partial charge in [0.05, 0.1) is 51.2 Å². The van der Waals surface area contributed by atoms with Gasteiger partial charge in [-0.1, -0.05) is 20.8 Å². The Morgan fingerprint density at radius 2 is 1.69 bits per heavy atom. The van der Waals surface area contributed by atoms with Crippen LogP contribution in [0.5, 0.6) is 0 Å². The van der Waals surface area contributed by atoms with E-state index in [1.54, 1.807) is 0 Å². The number of carbonyl (C=O) groups is 1. The first kappa shape index (κ1) is 34.1. The summed E-state index contributed by atoms with van der Waals surface area (Å²) >= 11 is 0. The van der Waals surface area contributed by atoms with Gasteiger partial charge in [-0.25, -0.2) is 0 Å². The van der Waals surface area contributed by atoms with E-state index in [0.717, 1.165) is 64.3 Å². The largest absolute Gasteiger partial charge is 0.393 e. The lowest BCUT2D eigenvalue weighted by Gasteiger charge is -2.63. The van der Waals surface area contributed by atoms with Crippen LogP contribution in [0.3, 0.4) is 0 Å². The van der Waals surface area contributed by atoms with Crippen molar-refractivity contribution in [1.82, 2.24) is 5.32 Å². The molecule has 0 bridgehead atoms. The van der Waals surface area contributed by atoms with E-state index in [-0.39, 0.29) is 52.5 Å². The lowest BCUT2D eigenvalue weighted by atomic mass is 9.43. The average Bonchev–Trinajstić information content (AvgIpc) is 3.24. The monoisotopic (exact) mass is 615 g/mol.